The van der Waals surface area contributed by atoms with Crippen LogP contribution in [0.25, 0.3) is 0 Å². The van der Waals surface area contributed by atoms with E-state index in [4.69, 9.17) is 0 Å². The lowest BCUT2D eigenvalue weighted by Gasteiger charge is -2.26. The summed E-state index contributed by atoms with van der Waals surface area (Å²) in [4.78, 5) is 15.9. The second kappa shape index (κ2) is 6.70. The molecule has 0 bridgehead atoms. The van der Waals surface area contributed by atoms with Crippen LogP contribution in [-0.2, 0) is 0 Å². The number of amides is 2. The summed E-state index contributed by atoms with van der Waals surface area (Å²) >= 11 is 0. The van der Waals surface area contributed by atoms with Crippen molar-refractivity contribution in [1.82, 2.24) is 10.3 Å². The number of hydrogen-bond donors (Lipinski definition) is 3. The van der Waals surface area contributed by atoms with Crippen molar-refractivity contribution in [3.63, 3.8) is 0 Å². The Bertz CT molecular complexity index is 454. The number of urea groups is 1. The van der Waals surface area contributed by atoms with Crippen molar-refractivity contribution in [2.75, 3.05) is 11.9 Å². The highest BCUT2D eigenvalue weighted by Gasteiger charge is 2.28. The molecule has 1 heterocycles. The third kappa shape index (κ3) is 4.20. The van der Waals surface area contributed by atoms with Gasteiger partial charge in [0, 0.05) is 24.6 Å². The van der Waals surface area contributed by atoms with Crippen LogP contribution in [0.5, 0.6) is 0 Å². The maximum absolute atomic E-state index is 11.9. The Morgan fingerprint density at radius 3 is 2.70 bits per heavy atom. The summed E-state index contributed by atoms with van der Waals surface area (Å²) < 4.78 is 0. The Balaban J connectivity index is 1.84. The summed E-state index contributed by atoms with van der Waals surface area (Å²) in [7, 11) is 0. The topological polar surface area (TPSA) is 74.2 Å². The Labute approximate surface area is 119 Å². The number of rotatable bonds is 3. The average Bonchev–Trinajstić information content (AvgIpc) is 2.65. The number of hydrogen-bond acceptors (Lipinski definition) is 3. The first-order valence-electron chi connectivity index (χ1n) is 7.27. The molecule has 0 aromatic carbocycles. The number of aryl methyl sites for hydroxylation is 1. The zero-order chi connectivity index (χ0) is 14.4. The Morgan fingerprint density at radius 1 is 1.35 bits per heavy atom. The Hall–Kier alpha value is -1.62. The molecule has 5 heteroatoms. The number of aromatic nitrogens is 1. The van der Waals surface area contributed by atoms with E-state index in [2.05, 4.69) is 15.6 Å². The Morgan fingerprint density at radius 2 is 2.05 bits per heavy atom. The SMILES string of the molecule is Cc1cnccc1NC(=O)NCC1(O)CCCCCC1. The fraction of sp³-hybridized carbons (Fsp3) is 0.600. The highest BCUT2D eigenvalue weighted by molar-refractivity contribution is 5.89. The largest absolute Gasteiger partial charge is 0.388 e. The van der Waals surface area contributed by atoms with Crippen LogP contribution in [-0.4, -0.2) is 28.3 Å². The van der Waals surface area contributed by atoms with Crippen LogP contribution in [0.4, 0.5) is 10.5 Å². The average molecular weight is 277 g/mol. The van der Waals surface area contributed by atoms with Gasteiger partial charge in [-0.25, -0.2) is 4.79 Å². The molecule has 0 atom stereocenters. The normalized spacial score (nSPS) is 18.1. The molecule has 0 spiro atoms. The summed E-state index contributed by atoms with van der Waals surface area (Å²) in [6.45, 7) is 2.20. The van der Waals surface area contributed by atoms with Crippen LogP contribution in [0.1, 0.15) is 44.1 Å². The van der Waals surface area contributed by atoms with Crippen LogP contribution in [0.3, 0.4) is 0 Å². The molecule has 0 saturated heterocycles. The highest BCUT2D eigenvalue weighted by Crippen LogP contribution is 2.26. The summed E-state index contributed by atoms with van der Waals surface area (Å²) in [5.41, 5.74) is 0.905. The number of nitrogens with zero attached hydrogens (tertiary/aromatic N) is 1. The maximum Gasteiger partial charge on any atom is 0.319 e. The summed E-state index contributed by atoms with van der Waals surface area (Å²) in [6.07, 6.45) is 9.28. The monoisotopic (exact) mass is 277 g/mol. The zero-order valence-corrected chi connectivity index (χ0v) is 12.0. The van der Waals surface area contributed by atoms with Crippen molar-refractivity contribution in [3.05, 3.63) is 24.0 Å². The molecule has 1 aliphatic carbocycles. The van der Waals surface area contributed by atoms with Gasteiger partial charge < -0.3 is 15.7 Å². The first kappa shape index (κ1) is 14.8. The lowest BCUT2D eigenvalue weighted by atomic mass is 9.95. The minimum absolute atomic E-state index is 0.281. The molecule has 1 fully saturated rings. The molecule has 1 aliphatic rings. The van der Waals surface area contributed by atoms with Crippen molar-refractivity contribution >= 4 is 11.7 Å². The predicted octanol–water partition coefficient (Wildman–Crippen LogP) is 2.60. The molecule has 0 radical (unpaired) electrons. The molecule has 0 unspecified atom stereocenters. The van der Waals surface area contributed by atoms with E-state index < -0.39 is 5.60 Å². The lowest BCUT2D eigenvalue weighted by molar-refractivity contribution is 0.0281. The quantitative estimate of drug-likeness (QED) is 0.743. The molecule has 1 aromatic heterocycles. The number of carbonyl (C=O) groups is 1. The number of nitrogens with one attached hydrogen (secondary N) is 2. The molecule has 0 aliphatic heterocycles. The van der Waals surface area contributed by atoms with Gasteiger partial charge in [-0.05, 0) is 31.4 Å². The van der Waals surface area contributed by atoms with Gasteiger partial charge >= 0.3 is 6.03 Å². The third-order valence-electron chi connectivity index (χ3n) is 3.88. The molecule has 5 nitrogen and oxygen atoms in total. The van der Waals surface area contributed by atoms with Gasteiger partial charge in [-0.2, -0.15) is 0 Å². The number of carbonyl (C=O) groups excluding carboxylic acids is 1. The van der Waals surface area contributed by atoms with E-state index in [0.717, 1.165) is 36.9 Å². The van der Waals surface area contributed by atoms with Crippen molar-refractivity contribution in [1.29, 1.82) is 0 Å². The fourth-order valence-electron chi connectivity index (χ4n) is 2.59. The van der Waals surface area contributed by atoms with Gasteiger partial charge in [0.1, 0.15) is 0 Å². The first-order chi connectivity index (χ1) is 9.59. The zero-order valence-electron chi connectivity index (χ0n) is 12.0. The van der Waals surface area contributed by atoms with Gasteiger partial charge in [0.05, 0.1) is 5.60 Å². The summed E-state index contributed by atoms with van der Waals surface area (Å²) in [6, 6.07) is 1.48. The van der Waals surface area contributed by atoms with Crippen LogP contribution in [0, 0.1) is 6.92 Å². The molecule has 110 valence electrons. The Kier molecular flexibility index (Phi) is 4.95. The van der Waals surface area contributed by atoms with Crippen LogP contribution in [0.15, 0.2) is 18.5 Å². The molecule has 1 saturated carbocycles. The van der Waals surface area contributed by atoms with E-state index >= 15 is 0 Å². The van der Waals surface area contributed by atoms with E-state index in [0.29, 0.717) is 6.54 Å². The maximum atomic E-state index is 11.9. The van der Waals surface area contributed by atoms with E-state index in [1.165, 1.54) is 12.8 Å². The number of aliphatic hydroxyl groups is 1. The predicted molar refractivity (Wildman–Crippen MR) is 78.6 cm³/mol. The first-order valence-corrected chi connectivity index (χ1v) is 7.27. The summed E-state index contributed by atoms with van der Waals surface area (Å²) in [5.74, 6) is 0. The van der Waals surface area contributed by atoms with E-state index in [9.17, 15) is 9.90 Å². The second-order valence-electron chi connectivity index (χ2n) is 5.64. The van der Waals surface area contributed by atoms with Gasteiger partial charge in [-0.15, -0.1) is 0 Å². The molecule has 20 heavy (non-hydrogen) atoms. The smallest absolute Gasteiger partial charge is 0.319 e. The molecule has 1 aromatic rings. The standard InChI is InChI=1S/C15H23N3O2/c1-12-10-16-9-6-13(12)18-14(19)17-11-15(20)7-4-2-3-5-8-15/h6,9-10,20H,2-5,7-8,11H2,1H3,(H2,16,17,18,19). The second-order valence-corrected chi connectivity index (χ2v) is 5.64. The van der Waals surface area contributed by atoms with Gasteiger partial charge in [0.15, 0.2) is 0 Å². The van der Waals surface area contributed by atoms with Crippen molar-refractivity contribution in [2.45, 2.75) is 51.0 Å². The molecular formula is C15H23N3O2. The highest BCUT2D eigenvalue weighted by atomic mass is 16.3. The number of pyridine rings is 1. The third-order valence-corrected chi connectivity index (χ3v) is 3.88. The van der Waals surface area contributed by atoms with Crippen molar-refractivity contribution < 1.29 is 9.90 Å². The summed E-state index contributed by atoms with van der Waals surface area (Å²) in [5, 5.41) is 16.0. The molecule has 2 rings (SSSR count). The van der Waals surface area contributed by atoms with Crippen molar-refractivity contribution in [2.24, 2.45) is 0 Å². The van der Waals surface area contributed by atoms with Crippen LogP contribution >= 0.6 is 0 Å². The van der Waals surface area contributed by atoms with Gasteiger partial charge in [0.2, 0.25) is 0 Å². The molecular weight excluding hydrogens is 254 g/mol. The lowest BCUT2D eigenvalue weighted by Crippen LogP contribution is -2.44. The molecule has 2 amide bonds. The van der Waals surface area contributed by atoms with Crippen molar-refractivity contribution in [3.8, 4) is 0 Å². The van der Waals surface area contributed by atoms with E-state index in [1.807, 2.05) is 6.92 Å². The molecule has 3 N–H and O–H groups in total. The minimum atomic E-state index is -0.749. The van der Waals surface area contributed by atoms with Crippen LogP contribution < -0.4 is 10.6 Å². The van der Waals surface area contributed by atoms with Crippen LogP contribution in [0.2, 0.25) is 0 Å². The van der Waals surface area contributed by atoms with Gasteiger partial charge in [-0.3, -0.25) is 4.98 Å². The van der Waals surface area contributed by atoms with E-state index in [-0.39, 0.29) is 6.03 Å². The minimum Gasteiger partial charge on any atom is -0.388 e. The van der Waals surface area contributed by atoms with Gasteiger partial charge in [0.25, 0.3) is 0 Å². The fourth-order valence-corrected chi connectivity index (χ4v) is 2.59. The van der Waals surface area contributed by atoms with Gasteiger partial charge in [-0.1, -0.05) is 25.7 Å². The van der Waals surface area contributed by atoms with E-state index in [1.54, 1.807) is 18.5 Å². The number of anilines is 1.